The summed E-state index contributed by atoms with van der Waals surface area (Å²) >= 11 is 4.63. The Morgan fingerprint density at radius 1 is 1.52 bits per heavy atom. The normalized spacial score (nSPS) is 10.4. The average molecular weight is 372 g/mol. The molecule has 0 fully saturated rings. The minimum atomic E-state index is -0.240. The maximum Gasteiger partial charge on any atom is 0.305 e. The van der Waals surface area contributed by atoms with Crippen LogP contribution in [0.2, 0.25) is 0 Å². The first kappa shape index (κ1) is 15.7. The van der Waals surface area contributed by atoms with E-state index in [9.17, 15) is 9.59 Å². The standard InChI is InChI=1S/C13H14BrN3O3S/c1-20-11(18)4-2-3-9-7-21-13(16-9)17-12(19)10-5-8(14)6-15-10/h5-7,15H,2-4H2,1H3,(H,16,17,19). The van der Waals surface area contributed by atoms with Gasteiger partial charge in [-0.1, -0.05) is 0 Å². The zero-order valence-electron chi connectivity index (χ0n) is 11.3. The van der Waals surface area contributed by atoms with Crippen molar-refractivity contribution in [2.24, 2.45) is 0 Å². The predicted molar refractivity (Wildman–Crippen MR) is 83.5 cm³/mol. The van der Waals surface area contributed by atoms with Gasteiger partial charge in [0.25, 0.3) is 5.91 Å². The van der Waals surface area contributed by atoms with Gasteiger partial charge in [0.1, 0.15) is 5.69 Å². The number of hydrogen-bond acceptors (Lipinski definition) is 5. The largest absolute Gasteiger partial charge is 0.469 e. The van der Waals surface area contributed by atoms with Crippen LogP contribution < -0.4 is 5.32 Å². The Morgan fingerprint density at radius 3 is 3.00 bits per heavy atom. The summed E-state index contributed by atoms with van der Waals surface area (Å²) in [5, 5.41) is 5.14. The Balaban J connectivity index is 1.85. The van der Waals surface area contributed by atoms with Gasteiger partial charge in [0.2, 0.25) is 0 Å². The van der Waals surface area contributed by atoms with Gasteiger partial charge >= 0.3 is 5.97 Å². The van der Waals surface area contributed by atoms with Gasteiger partial charge in [-0.25, -0.2) is 4.98 Å². The summed E-state index contributed by atoms with van der Waals surface area (Å²) in [7, 11) is 1.37. The van der Waals surface area contributed by atoms with Gasteiger partial charge < -0.3 is 9.72 Å². The number of aryl methyl sites for hydroxylation is 1. The summed E-state index contributed by atoms with van der Waals surface area (Å²) in [4.78, 5) is 30.1. The van der Waals surface area contributed by atoms with E-state index in [1.165, 1.54) is 18.4 Å². The number of anilines is 1. The number of amides is 1. The number of methoxy groups -OCH3 is 1. The second kappa shape index (κ2) is 7.37. The van der Waals surface area contributed by atoms with Gasteiger partial charge in [-0.2, -0.15) is 0 Å². The molecule has 0 aliphatic rings. The third kappa shape index (κ3) is 4.68. The van der Waals surface area contributed by atoms with Crippen LogP contribution in [0.15, 0.2) is 22.1 Å². The van der Waals surface area contributed by atoms with Crippen LogP contribution in [0.25, 0.3) is 0 Å². The Bertz CT molecular complexity index is 638. The maximum absolute atomic E-state index is 11.9. The number of thiazole rings is 1. The van der Waals surface area contributed by atoms with Crippen molar-refractivity contribution in [3.63, 3.8) is 0 Å². The van der Waals surface area contributed by atoms with E-state index < -0.39 is 0 Å². The highest BCUT2D eigenvalue weighted by molar-refractivity contribution is 9.10. The van der Waals surface area contributed by atoms with E-state index in [2.05, 4.69) is 36.0 Å². The first-order chi connectivity index (χ1) is 10.1. The molecule has 0 aliphatic carbocycles. The Hall–Kier alpha value is -1.67. The predicted octanol–water partition coefficient (Wildman–Crippen LogP) is 2.98. The molecule has 2 aromatic rings. The van der Waals surface area contributed by atoms with Gasteiger partial charge in [-0.15, -0.1) is 11.3 Å². The number of ether oxygens (including phenoxy) is 1. The number of H-pyrrole nitrogens is 1. The summed E-state index contributed by atoms with van der Waals surface area (Å²) in [6.07, 6.45) is 3.41. The van der Waals surface area contributed by atoms with Crippen LogP contribution in [0.5, 0.6) is 0 Å². The summed E-state index contributed by atoms with van der Waals surface area (Å²) < 4.78 is 5.39. The van der Waals surface area contributed by atoms with Gasteiger partial charge in [0, 0.05) is 22.5 Å². The topological polar surface area (TPSA) is 84.1 Å². The highest BCUT2D eigenvalue weighted by Crippen LogP contribution is 2.18. The molecule has 21 heavy (non-hydrogen) atoms. The summed E-state index contributed by atoms with van der Waals surface area (Å²) in [5.41, 5.74) is 1.32. The molecular weight excluding hydrogens is 358 g/mol. The smallest absolute Gasteiger partial charge is 0.305 e. The zero-order chi connectivity index (χ0) is 15.2. The van der Waals surface area contributed by atoms with E-state index in [0.717, 1.165) is 10.2 Å². The number of hydrogen-bond donors (Lipinski definition) is 2. The molecular formula is C13H14BrN3O3S. The van der Waals surface area contributed by atoms with Crippen LogP contribution in [0, 0.1) is 0 Å². The molecule has 0 spiro atoms. The van der Waals surface area contributed by atoms with Gasteiger partial charge in [-0.05, 0) is 34.8 Å². The number of nitrogens with zero attached hydrogens (tertiary/aromatic N) is 1. The third-order valence-electron chi connectivity index (χ3n) is 2.71. The molecule has 8 heteroatoms. The number of aromatic amines is 1. The molecule has 2 heterocycles. The number of carbonyl (C=O) groups excluding carboxylic acids is 2. The van der Waals surface area contributed by atoms with Gasteiger partial charge in [0.05, 0.1) is 12.8 Å². The molecule has 0 bridgehead atoms. The van der Waals surface area contributed by atoms with Crippen molar-refractivity contribution in [1.29, 1.82) is 0 Å². The quantitative estimate of drug-likeness (QED) is 0.764. The number of rotatable bonds is 6. The van der Waals surface area contributed by atoms with Crippen LogP contribution >= 0.6 is 27.3 Å². The fraction of sp³-hybridized carbons (Fsp3) is 0.308. The van der Waals surface area contributed by atoms with Crippen LogP contribution in [0.1, 0.15) is 29.0 Å². The van der Waals surface area contributed by atoms with E-state index in [0.29, 0.717) is 30.1 Å². The second-order valence-corrected chi connectivity index (χ2v) is 6.03. The molecule has 2 N–H and O–H groups in total. The van der Waals surface area contributed by atoms with Crippen molar-refractivity contribution in [2.45, 2.75) is 19.3 Å². The van der Waals surface area contributed by atoms with Gasteiger partial charge in [0.15, 0.2) is 5.13 Å². The Morgan fingerprint density at radius 2 is 2.33 bits per heavy atom. The fourth-order valence-corrected chi connectivity index (χ4v) is 2.74. The lowest BCUT2D eigenvalue weighted by atomic mass is 10.2. The lowest BCUT2D eigenvalue weighted by Gasteiger charge is -1.99. The van der Waals surface area contributed by atoms with E-state index in [4.69, 9.17) is 0 Å². The molecule has 2 aromatic heterocycles. The Labute approximate surface area is 134 Å². The molecule has 6 nitrogen and oxygen atoms in total. The van der Waals surface area contributed by atoms with Crippen molar-refractivity contribution >= 4 is 44.3 Å². The van der Waals surface area contributed by atoms with Crippen molar-refractivity contribution < 1.29 is 14.3 Å². The lowest BCUT2D eigenvalue weighted by molar-refractivity contribution is -0.140. The van der Waals surface area contributed by atoms with Crippen LogP contribution in [-0.4, -0.2) is 29.0 Å². The molecule has 0 aliphatic heterocycles. The van der Waals surface area contributed by atoms with E-state index in [1.54, 1.807) is 12.3 Å². The molecule has 0 aromatic carbocycles. The number of halogens is 1. The van der Waals surface area contributed by atoms with Crippen molar-refractivity contribution in [1.82, 2.24) is 9.97 Å². The number of carbonyl (C=O) groups is 2. The highest BCUT2D eigenvalue weighted by Gasteiger charge is 2.11. The van der Waals surface area contributed by atoms with Crippen molar-refractivity contribution in [3.8, 4) is 0 Å². The summed E-state index contributed by atoms with van der Waals surface area (Å²) in [5.74, 6) is -0.466. The van der Waals surface area contributed by atoms with E-state index >= 15 is 0 Å². The first-order valence-corrected chi connectivity index (χ1v) is 7.92. The third-order valence-corrected chi connectivity index (χ3v) is 3.97. The number of esters is 1. The van der Waals surface area contributed by atoms with Crippen molar-refractivity contribution in [2.75, 3.05) is 12.4 Å². The molecule has 0 saturated heterocycles. The number of nitrogens with one attached hydrogen (secondary N) is 2. The molecule has 112 valence electrons. The van der Waals surface area contributed by atoms with Gasteiger partial charge in [-0.3, -0.25) is 14.9 Å². The number of aromatic nitrogens is 2. The zero-order valence-corrected chi connectivity index (χ0v) is 13.7. The molecule has 1 amide bonds. The lowest BCUT2D eigenvalue weighted by Crippen LogP contribution is -2.12. The minimum Gasteiger partial charge on any atom is -0.469 e. The summed E-state index contributed by atoms with van der Waals surface area (Å²) in [6, 6.07) is 1.69. The fourth-order valence-electron chi connectivity index (χ4n) is 1.66. The van der Waals surface area contributed by atoms with Crippen LogP contribution in [0.4, 0.5) is 5.13 Å². The molecule has 0 atom stereocenters. The van der Waals surface area contributed by atoms with E-state index in [-0.39, 0.29) is 11.9 Å². The first-order valence-electron chi connectivity index (χ1n) is 6.25. The highest BCUT2D eigenvalue weighted by atomic mass is 79.9. The molecule has 0 saturated carbocycles. The average Bonchev–Trinajstić information content (AvgIpc) is 3.08. The molecule has 0 radical (unpaired) electrons. The second-order valence-electron chi connectivity index (χ2n) is 4.26. The van der Waals surface area contributed by atoms with Crippen molar-refractivity contribution in [3.05, 3.63) is 33.5 Å². The van der Waals surface area contributed by atoms with Crippen LogP contribution in [-0.2, 0) is 16.0 Å². The van der Waals surface area contributed by atoms with E-state index in [1.807, 2.05) is 5.38 Å². The SMILES string of the molecule is COC(=O)CCCc1csc(NC(=O)c2cc(Br)c[nH]2)n1. The molecule has 2 rings (SSSR count). The molecule has 0 unspecified atom stereocenters. The maximum atomic E-state index is 11.9. The monoisotopic (exact) mass is 371 g/mol. The van der Waals surface area contributed by atoms with Crippen LogP contribution in [0.3, 0.4) is 0 Å². The minimum absolute atomic E-state index is 0.226. The summed E-state index contributed by atoms with van der Waals surface area (Å²) in [6.45, 7) is 0. The Kier molecular flexibility index (Phi) is 5.51.